The van der Waals surface area contributed by atoms with E-state index in [1.54, 1.807) is 0 Å². The van der Waals surface area contributed by atoms with Crippen molar-refractivity contribution in [3.05, 3.63) is 47.3 Å². The molecule has 0 aliphatic rings. The van der Waals surface area contributed by atoms with Gasteiger partial charge in [0.2, 0.25) is 0 Å². The van der Waals surface area contributed by atoms with Crippen molar-refractivity contribution in [2.24, 2.45) is 0 Å². The summed E-state index contributed by atoms with van der Waals surface area (Å²) < 4.78 is 10.6. The van der Waals surface area contributed by atoms with Crippen LogP contribution in [0.15, 0.2) is 34.9 Å². The van der Waals surface area contributed by atoms with E-state index in [4.69, 9.17) is 9.26 Å². The minimum absolute atomic E-state index is 0.433. The fourth-order valence-electron chi connectivity index (χ4n) is 1.55. The third kappa shape index (κ3) is 3.32. The summed E-state index contributed by atoms with van der Waals surface area (Å²) in [4.78, 5) is 0. The van der Waals surface area contributed by atoms with Gasteiger partial charge in [-0.2, -0.15) is 0 Å². The van der Waals surface area contributed by atoms with E-state index in [1.807, 2.05) is 44.3 Å². The molecule has 2 rings (SSSR count). The summed E-state index contributed by atoms with van der Waals surface area (Å²) >= 11 is 0. The third-order valence-electron chi connectivity index (χ3n) is 2.37. The number of aryl methyl sites for hydroxylation is 1. The number of aromatic nitrogens is 1. The van der Waals surface area contributed by atoms with Crippen molar-refractivity contribution in [2.75, 3.05) is 7.05 Å². The van der Waals surface area contributed by atoms with Gasteiger partial charge in [-0.05, 0) is 31.7 Å². The van der Waals surface area contributed by atoms with Crippen LogP contribution >= 0.6 is 0 Å². The molecular weight excluding hydrogens is 216 g/mol. The Balaban J connectivity index is 1.90. The van der Waals surface area contributed by atoms with Crippen LogP contribution in [-0.4, -0.2) is 12.2 Å². The first kappa shape index (κ1) is 11.7. The SMILES string of the molecule is CNCc1ccc(OCc2cc(C)on2)cc1. The minimum Gasteiger partial charge on any atom is -0.487 e. The third-order valence-corrected chi connectivity index (χ3v) is 2.37. The molecule has 0 spiro atoms. The predicted molar refractivity (Wildman–Crippen MR) is 64.8 cm³/mol. The van der Waals surface area contributed by atoms with Crippen LogP contribution in [0.5, 0.6) is 5.75 Å². The zero-order valence-corrected chi connectivity index (χ0v) is 10.1. The minimum atomic E-state index is 0.433. The van der Waals surface area contributed by atoms with Crippen LogP contribution in [0.2, 0.25) is 0 Å². The molecule has 1 aromatic heterocycles. The maximum absolute atomic E-state index is 5.60. The Morgan fingerprint density at radius 2 is 2.06 bits per heavy atom. The number of rotatable bonds is 5. The first-order valence-electron chi connectivity index (χ1n) is 5.56. The number of benzene rings is 1. The van der Waals surface area contributed by atoms with E-state index >= 15 is 0 Å². The molecule has 0 atom stereocenters. The second-order valence-electron chi connectivity index (χ2n) is 3.89. The molecule has 0 amide bonds. The lowest BCUT2D eigenvalue weighted by Gasteiger charge is -2.05. The second kappa shape index (κ2) is 5.50. The van der Waals surface area contributed by atoms with Crippen molar-refractivity contribution in [2.45, 2.75) is 20.1 Å². The van der Waals surface area contributed by atoms with Crippen molar-refractivity contribution < 1.29 is 9.26 Å². The quantitative estimate of drug-likeness (QED) is 0.859. The highest BCUT2D eigenvalue weighted by Crippen LogP contribution is 2.14. The normalized spacial score (nSPS) is 10.5. The van der Waals surface area contributed by atoms with Gasteiger partial charge in [-0.25, -0.2) is 0 Å². The van der Waals surface area contributed by atoms with E-state index in [0.29, 0.717) is 6.61 Å². The van der Waals surface area contributed by atoms with E-state index in [0.717, 1.165) is 23.7 Å². The Labute approximate surface area is 101 Å². The van der Waals surface area contributed by atoms with Gasteiger partial charge < -0.3 is 14.6 Å². The first-order chi connectivity index (χ1) is 8.28. The Morgan fingerprint density at radius 1 is 1.29 bits per heavy atom. The van der Waals surface area contributed by atoms with Crippen LogP contribution < -0.4 is 10.1 Å². The van der Waals surface area contributed by atoms with Crippen LogP contribution in [0.1, 0.15) is 17.0 Å². The molecule has 1 aromatic carbocycles. The summed E-state index contributed by atoms with van der Waals surface area (Å²) in [5, 5.41) is 6.97. The average molecular weight is 232 g/mol. The van der Waals surface area contributed by atoms with Crippen LogP contribution in [0.4, 0.5) is 0 Å². The number of nitrogens with one attached hydrogen (secondary N) is 1. The summed E-state index contributed by atoms with van der Waals surface area (Å²) in [6, 6.07) is 9.87. The number of hydrogen-bond donors (Lipinski definition) is 1. The van der Waals surface area contributed by atoms with Crippen LogP contribution in [0.25, 0.3) is 0 Å². The van der Waals surface area contributed by atoms with Gasteiger partial charge in [0.05, 0.1) is 0 Å². The zero-order chi connectivity index (χ0) is 12.1. The second-order valence-corrected chi connectivity index (χ2v) is 3.89. The smallest absolute Gasteiger partial charge is 0.134 e. The van der Waals surface area contributed by atoms with Gasteiger partial charge in [-0.15, -0.1) is 0 Å². The Kier molecular flexibility index (Phi) is 3.77. The molecule has 0 unspecified atom stereocenters. The number of nitrogens with zero attached hydrogens (tertiary/aromatic N) is 1. The van der Waals surface area contributed by atoms with Gasteiger partial charge >= 0.3 is 0 Å². The van der Waals surface area contributed by atoms with Gasteiger partial charge in [0.25, 0.3) is 0 Å². The highest BCUT2D eigenvalue weighted by Gasteiger charge is 2.01. The molecule has 4 nitrogen and oxygen atoms in total. The lowest BCUT2D eigenvalue weighted by molar-refractivity contribution is 0.288. The first-order valence-corrected chi connectivity index (χ1v) is 5.56. The molecule has 0 fully saturated rings. The largest absolute Gasteiger partial charge is 0.487 e. The van der Waals surface area contributed by atoms with Gasteiger partial charge in [-0.3, -0.25) is 0 Å². The highest BCUT2D eigenvalue weighted by molar-refractivity contribution is 5.27. The lowest BCUT2D eigenvalue weighted by Crippen LogP contribution is -2.04. The summed E-state index contributed by atoms with van der Waals surface area (Å²) in [5.41, 5.74) is 2.04. The summed E-state index contributed by atoms with van der Waals surface area (Å²) in [7, 11) is 1.93. The molecule has 0 saturated carbocycles. The standard InChI is InChI=1S/C13H16N2O2/c1-10-7-12(15-17-10)9-16-13-5-3-11(4-6-13)8-14-2/h3-7,14H,8-9H2,1-2H3. The van der Waals surface area contributed by atoms with E-state index in [-0.39, 0.29) is 0 Å². The lowest BCUT2D eigenvalue weighted by atomic mass is 10.2. The highest BCUT2D eigenvalue weighted by atomic mass is 16.5. The molecule has 0 radical (unpaired) electrons. The van der Waals surface area contributed by atoms with Gasteiger partial charge in [0.1, 0.15) is 23.8 Å². The molecule has 1 N–H and O–H groups in total. The predicted octanol–water partition coefficient (Wildman–Crippen LogP) is 2.28. The average Bonchev–Trinajstić information content (AvgIpc) is 2.75. The monoisotopic (exact) mass is 232 g/mol. The Bertz CT molecular complexity index is 463. The van der Waals surface area contributed by atoms with Crippen molar-refractivity contribution in [3.63, 3.8) is 0 Å². The summed E-state index contributed by atoms with van der Waals surface area (Å²) in [6.07, 6.45) is 0. The fourth-order valence-corrected chi connectivity index (χ4v) is 1.55. The molecular formula is C13H16N2O2. The number of ether oxygens (including phenoxy) is 1. The molecule has 4 heteroatoms. The Hall–Kier alpha value is -1.81. The van der Waals surface area contributed by atoms with Crippen molar-refractivity contribution in [1.29, 1.82) is 0 Å². The molecule has 0 bridgehead atoms. The van der Waals surface area contributed by atoms with Crippen molar-refractivity contribution >= 4 is 0 Å². The maximum Gasteiger partial charge on any atom is 0.134 e. The van der Waals surface area contributed by atoms with Crippen LogP contribution in [0.3, 0.4) is 0 Å². The number of hydrogen-bond acceptors (Lipinski definition) is 4. The molecule has 17 heavy (non-hydrogen) atoms. The van der Waals surface area contributed by atoms with E-state index in [9.17, 15) is 0 Å². The van der Waals surface area contributed by atoms with Crippen molar-refractivity contribution in [3.8, 4) is 5.75 Å². The molecule has 2 aromatic rings. The van der Waals surface area contributed by atoms with E-state index in [1.165, 1.54) is 5.56 Å². The van der Waals surface area contributed by atoms with E-state index in [2.05, 4.69) is 10.5 Å². The molecule has 0 aliphatic heterocycles. The van der Waals surface area contributed by atoms with Gasteiger partial charge in [0.15, 0.2) is 0 Å². The van der Waals surface area contributed by atoms with Gasteiger partial charge in [-0.1, -0.05) is 17.3 Å². The molecule has 1 heterocycles. The van der Waals surface area contributed by atoms with Crippen LogP contribution in [0, 0.1) is 6.92 Å². The zero-order valence-electron chi connectivity index (χ0n) is 10.1. The fraction of sp³-hybridized carbons (Fsp3) is 0.308. The topological polar surface area (TPSA) is 47.3 Å². The van der Waals surface area contributed by atoms with Crippen molar-refractivity contribution in [1.82, 2.24) is 10.5 Å². The molecule has 90 valence electrons. The van der Waals surface area contributed by atoms with Gasteiger partial charge in [0, 0.05) is 12.6 Å². The maximum atomic E-state index is 5.60. The van der Waals surface area contributed by atoms with E-state index < -0.39 is 0 Å². The Morgan fingerprint density at radius 3 is 2.65 bits per heavy atom. The summed E-state index contributed by atoms with van der Waals surface area (Å²) in [5.74, 6) is 1.64. The molecule has 0 aliphatic carbocycles. The van der Waals surface area contributed by atoms with Crippen LogP contribution in [-0.2, 0) is 13.2 Å². The molecule has 0 saturated heterocycles. The summed E-state index contributed by atoms with van der Waals surface area (Å²) in [6.45, 7) is 3.16.